The van der Waals surface area contributed by atoms with Gasteiger partial charge in [0.15, 0.2) is 0 Å². The third-order valence-electron chi connectivity index (χ3n) is 3.83. The molecule has 0 spiro atoms. The normalized spacial score (nSPS) is 21.8. The molecule has 1 atom stereocenters. The fourth-order valence-electron chi connectivity index (χ4n) is 2.50. The number of rotatable bonds is 6. The zero-order chi connectivity index (χ0) is 11.1. The molecule has 0 bridgehead atoms. The van der Waals surface area contributed by atoms with Crippen LogP contribution in [0.25, 0.3) is 0 Å². The van der Waals surface area contributed by atoms with Crippen molar-refractivity contribution in [3.63, 3.8) is 0 Å². The Labute approximate surface area is 95.2 Å². The molecule has 1 aliphatic heterocycles. The van der Waals surface area contributed by atoms with E-state index >= 15 is 0 Å². The van der Waals surface area contributed by atoms with E-state index < -0.39 is 0 Å². The van der Waals surface area contributed by atoms with E-state index in [1.54, 1.807) is 0 Å². The van der Waals surface area contributed by atoms with Crippen molar-refractivity contribution < 1.29 is 0 Å². The van der Waals surface area contributed by atoms with Crippen LogP contribution in [0.1, 0.15) is 52.4 Å². The van der Waals surface area contributed by atoms with Crippen LogP contribution in [0.15, 0.2) is 0 Å². The number of unbranched alkanes of at least 4 members (excludes halogenated alkanes) is 2. The summed E-state index contributed by atoms with van der Waals surface area (Å²) >= 11 is 0. The van der Waals surface area contributed by atoms with E-state index in [9.17, 15) is 0 Å². The molecule has 2 nitrogen and oxygen atoms in total. The molecular weight excluding hydrogens is 184 g/mol. The summed E-state index contributed by atoms with van der Waals surface area (Å²) < 4.78 is 0. The lowest BCUT2D eigenvalue weighted by Gasteiger charge is -2.35. The predicted molar refractivity (Wildman–Crippen MR) is 67.0 cm³/mol. The maximum absolute atomic E-state index is 5.70. The highest BCUT2D eigenvalue weighted by Gasteiger charge is 2.21. The van der Waals surface area contributed by atoms with Crippen LogP contribution in [-0.2, 0) is 0 Å². The van der Waals surface area contributed by atoms with Crippen LogP contribution in [0.5, 0.6) is 0 Å². The minimum absolute atomic E-state index is 0.787. The number of nitrogens with two attached hydrogens (primary N) is 1. The average molecular weight is 212 g/mol. The third kappa shape index (κ3) is 4.52. The third-order valence-corrected chi connectivity index (χ3v) is 3.83. The van der Waals surface area contributed by atoms with Gasteiger partial charge in [0.05, 0.1) is 0 Å². The average Bonchev–Trinajstić information content (AvgIpc) is 2.29. The highest BCUT2D eigenvalue weighted by molar-refractivity contribution is 4.76. The van der Waals surface area contributed by atoms with Gasteiger partial charge < -0.3 is 10.6 Å². The van der Waals surface area contributed by atoms with E-state index in [1.807, 2.05) is 0 Å². The summed E-state index contributed by atoms with van der Waals surface area (Å²) in [5, 5.41) is 0. The maximum atomic E-state index is 5.70. The van der Waals surface area contributed by atoms with Crippen molar-refractivity contribution in [3.05, 3.63) is 0 Å². The molecule has 0 radical (unpaired) electrons. The standard InChI is InChI=1S/C13H28N2/c1-3-4-5-6-12(2)15-9-7-13(11-14)8-10-15/h12-13H,3-11,14H2,1-2H3. The van der Waals surface area contributed by atoms with Crippen molar-refractivity contribution in [2.45, 2.75) is 58.4 Å². The monoisotopic (exact) mass is 212 g/mol. The number of hydrogen-bond donors (Lipinski definition) is 1. The molecule has 0 aliphatic carbocycles. The first-order chi connectivity index (χ1) is 7.27. The molecule has 0 aromatic heterocycles. The molecule has 90 valence electrons. The molecule has 1 heterocycles. The number of likely N-dealkylation sites (tertiary alicyclic amines) is 1. The molecular formula is C13H28N2. The van der Waals surface area contributed by atoms with Gasteiger partial charge in [-0.15, -0.1) is 0 Å². The minimum atomic E-state index is 0.787. The second-order valence-electron chi connectivity index (χ2n) is 5.06. The van der Waals surface area contributed by atoms with Crippen molar-refractivity contribution in [1.29, 1.82) is 0 Å². The first kappa shape index (κ1) is 13.0. The molecule has 1 aliphatic rings. The Morgan fingerprint density at radius 2 is 1.93 bits per heavy atom. The Kier molecular flexibility index (Phi) is 6.26. The Bertz CT molecular complexity index is 151. The Morgan fingerprint density at radius 3 is 2.47 bits per heavy atom. The van der Waals surface area contributed by atoms with E-state index in [-0.39, 0.29) is 0 Å². The largest absolute Gasteiger partial charge is 0.330 e. The summed E-state index contributed by atoms with van der Waals surface area (Å²) in [6, 6.07) is 0.787. The fourth-order valence-corrected chi connectivity index (χ4v) is 2.50. The van der Waals surface area contributed by atoms with E-state index in [0.717, 1.165) is 18.5 Å². The number of nitrogens with zero attached hydrogens (tertiary/aromatic N) is 1. The van der Waals surface area contributed by atoms with Crippen LogP contribution in [0, 0.1) is 5.92 Å². The topological polar surface area (TPSA) is 29.3 Å². The van der Waals surface area contributed by atoms with Crippen LogP contribution in [0.2, 0.25) is 0 Å². The zero-order valence-electron chi connectivity index (χ0n) is 10.5. The van der Waals surface area contributed by atoms with Gasteiger partial charge in [-0.2, -0.15) is 0 Å². The fraction of sp³-hybridized carbons (Fsp3) is 1.00. The van der Waals surface area contributed by atoms with Crippen molar-refractivity contribution >= 4 is 0 Å². The summed E-state index contributed by atoms with van der Waals surface area (Å²) in [6.45, 7) is 8.10. The van der Waals surface area contributed by atoms with Gasteiger partial charge in [0.1, 0.15) is 0 Å². The molecule has 0 amide bonds. The molecule has 2 N–H and O–H groups in total. The van der Waals surface area contributed by atoms with E-state index in [4.69, 9.17) is 5.73 Å². The van der Waals surface area contributed by atoms with Crippen LogP contribution in [0.3, 0.4) is 0 Å². The van der Waals surface area contributed by atoms with Gasteiger partial charge in [-0.05, 0) is 51.7 Å². The molecule has 1 rings (SSSR count). The van der Waals surface area contributed by atoms with Crippen molar-refractivity contribution in [2.75, 3.05) is 19.6 Å². The minimum Gasteiger partial charge on any atom is -0.330 e. The summed E-state index contributed by atoms with van der Waals surface area (Å²) in [5.41, 5.74) is 5.70. The highest BCUT2D eigenvalue weighted by Crippen LogP contribution is 2.19. The zero-order valence-corrected chi connectivity index (χ0v) is 10.5. The van der Waals surface area contributed by atoms with Crippen LogP contribution in [-0.4, -0.2) is 30.6 Å². The Balaban J connectivity index is 2.15. The summed E-state index contributed by atoms with van der Waals surface area (Å²) in [4.78, 5) is 2.65. The van der Waals surface area contributed by atoms with Gasteiger partial charge >= 0.3 is 0 Å². The van der Waals surface area contributed by atoms with E-state index in [1.165, 1.54) is 51.6 Å². The number of piperidine rings is 1. The molecule has 1 unspecified atom stereocenters. The Morgan fingerprint density at radius 1 is 1.27 bits per heavy atom. The second-order valence-corrected chi connectivity index (χ2v) is 5.06. The summed E-state index contributed by atoms with van der Waals surface area (Å²) in [7, 11) is 0. The quantitative estimate of drug-likeness (QED) is 0.686. The Hall–Kier alpha value is -0.0800. The second kappa shape index (κ2) is 7.24. The highest BCUT2D eigenvalue weighted by atomic mass is 15.2. The first-order valence-electron chi connectivity index (χ1n) is 6.72. The lowest BCUT2D eigenvalue weighted by Crippen LogP contribution is -2.41. The molecule has 15 heavy (non-hydrogen) atoms. The lowest BCUT2D eigenvalue weighted by atomic mass is 9.95. The van der Waals surface area contributed by atoms with Gasteiger partial charge in [0, 0.05) is 6.04 Å². The van der Waals surface area contributed by atoms with Crippen molar-refractivity contribution in [2.24, 2.45) is 11.7 Å². The van der Waals surface area contributed by atoms with Gasteiger partial charge in [0.2, 0.25) is 0 Å². The van der Waals surface area contributed by atoms with Crippen LogP contribution < -0.4 is 5.73 Å². The number of hydrogen-bond acceptors (Lipinski definition) is 2. The SMILES string of the molecule is CCCCCC(C)N1CCC(CN)CC1. The van der Waals surface area contributed by atoms with Crippen LogP contribution in [0.4, 0.5) is 0 Å². The summed E-state index contributed by atoms with van der Waals surface area (Å²) in [6.07, 6.45) is 8.13. The van der Waals surface area contributed by atoms with Gasteiger partial charge in [-0.3, -0.25) is 0 Å². The van der Waals surface area contributed by atoms with Crippen molar-refractivity contribution in [3.8, 4) is 0 Å². The lowest BCUT2D eigenvalue weighted by molar-refractivity contribution is 0.136. The molecule has 0 aromatic carbocycles. The van der Waals surface area contributed by atoms with Crippen molar-refractivity contribution in [1.82, 2.24) is 4.90 Å². The van der Waals surface area contributed by atoms with Crippen LogP contribution >= 0.6 is 0 Å². The molecule has 0 aromatic rings. The molecule has 2 heteroatoms. The summed E-state index contributed by atoms with van der Waals surface area (Å²) in [5.74, 6) is 0.795. The first-order valence-corrected chi connectivity index (χ1v) is 6.72. The smallest absolute Gasteiger partial charge is 0.00669 e. The van der Waals surface area contributed by atoms with Gasteiger partial charge in [-0.1, -0.05) is 26.2 Å². The van der Waals surface area contributed by atoms with E-state index in [2.05, 4.69) is 18.7 Å². The molecule has 0 saturated carbocycles. The molecule has 1 fully saturated rings. The van der Waals surface area contributed by atoms with Gasteiger partial charge in [0.25, 0.3) is 0 Å². The maximum Gasteiger partial charge on any atom is 0.00669 e. The predicted octanol–water partition coefficient (Wildman–Crippen LogP) is 2.63. The van der Waals surface area contributed by atoms with E-state index in [0.29, 0.717) is 0 Å². The van der Waals surface area contributed by atoms with Gasteiger partial charge in [-0.25, -0.2) is 0 Å². The molecule has 1 saturated heterocycles.